The van der Waals surface area contributed by atoms with E-state index >= 15 is 0 Å². The van der Waals surface area contributed by atoms with Crippen LogP contribution in [0, 0.1) is 0 Å². The first-order valence-corrected chi connectivity index (χ1v) is 20.9. The van der Waals surface area contributed by atoms with Crippen molar-refractivity contribution in [3.8, 4) is 0 Å². The van der Waals surface area contributed by atoms with E-state index in [0.29, 0.717) is 12.8 Å². The van der Waals surface area contributed by atoms with Crippen LogP contribution in [0.2, 0.25) is 0 Å². The van der Waals surface area contributed by atoms with Crippen LogP contribution in [-0.2, 0) is 0 Å². The fourth-order valence-corrected chi connectivity index (χ4v) is 19.6. The van der Waals surface area contributed by atoms with Gasteiger partial charge in [0.1, 0.15) is 0 Å². The van der Waals surface area contributed by atoms with E-state index in [1.165, 1.54) is 31.8 Å². The Hall–Kier alpha value is -3.28. The van der Waals surface area contributed by atoms with Gasteiger partial charge in [-0.15, -0.1) is 0 Å². The number of halogens is 2. The fraction of sp³-hybridized carbons (Fsp3) is 0.122. The molecule has 1 nitrogen and oxygen atoms in total. The molecule has 5 heteroatoms. The first-order chi connectivity index (χ1) is 22.6. The predicted molar refractivity (Wildman–Crippen MR) is 208 cm³/mol. The van der Waals surface area contributed by atoms with Gasteiger partial charge in [0.15, 0.2) is 0 Å². The summed E-state index contributed by atoms with van der Waals surface area (Å²) in [6.07, 6.45) is 0.118. The first-order valence-electron chi connectivity index (χ1n) is 15.9. The average Bonchev–Trinajstić information content (AvgIpc) is 3.12. The van der Waals surface area contributed by atoms with Crippen LogP contribution in [0.4, 0.5) is 0 Å². The number of aliphatic hydroxyl groups is 1. The number of benzene rings is 6. The summed E-state index contributed by atoms with van der Waals surface area (Å²) in [5.74, 6) is 0. The topological polar surface area (TPSA) is 20.2 Å². The van der Waals surface area contributed by atoms with E-state index in [-0.39, 0.29) is 10.2 Å². The molecule has 0 saturated heterocycles. The van der Waals surface area contributed by atoms with Crippen LogP contribution in [-0.4, -0.2) is 21.4 Å². The van der Waals surface area contributed by atoms with Gasteiger partial charge in [-0.1, -0.05) is 0 Å². The molecule has 6 aromatic rings. The molecule has 0 heterocycles. The molecule has 0 amide bonds. The zero-order valence-electron chi connectivity index (χ0n) is 25.7. The second-order valence-electron chi connectivity index (χ2n) is 11.9. The van der Waals surface area contributed by atoms with E-state index in [2.05, 4.69) is 182 Å². The number of hydrogen-bond donors (Lipinski definition) is 1. The third kappa shape index (κ3) is 6.33. The summed E-state index contributed by atoms with van der Waals surface area (Å²) in [5.41, 5.74) is 0. The second kappa shape index (κ2) is 15.1. The van der Waals surface area contributed by atoms with Gasteiger partial charge in [-0.2, -0.15) is 0 Å². The van der Waals surface area contributed by atoms with Crippen molar-refractivity contribution in [3.63, 3.8) is 0 Å². The van der Waals surface area contributed by atoms with Gasteiger partial charge in [-0.05, 0) is 0 Å². The van der Waals surface area contributed by atoms with E-state index in [1.54, 1.807) is 0 Å². The summed E-state index contributed by atoms with van der Waals surface area (Å²) in [4.78, 5) is 0. The van der Waals surface area contributed by atoms with Crippen molar-refractivity contribution in [1.82, 2.24) is 0 Å². The quantitative estimate of drug-likeness (QED) is 0.104. The van der Waals surface area contributed by atoms with Gasteiger partial charge in [0.05, 0.1) is 0 Å². The molecule has 0 saturated carbocycles. The van der Waals surface area contributed by atoms with Crippen LogP contribution in [0.25, 0.3) is 0 Å². The molecular weight excluding hydrogens is 641 g/mol. The molecule has 6 rings (SSSR count). The number of rotatable bonds is 12. The summed E-state index contributed by atoms with van der Waals surface area (Å²) in [7, 11) is -5.61. The third-order valence-corrected chi connectivity index (χ3v) is 21.4. The van der Waals surface area contributed by atoms with Crippen molar-refractivity contribution in [2.75, 3.05) is 0 Å². The van der Waals surface area contributed by atoms with Crippen LogP contribution in [0.15, 0.2) is 182 Å². The summed E-state index contributed by atoms with van der Waals surface area (Å²) in [6, 6.07) is 63.9. The molecule has 46 heavy (non-hydrogen) atoms. The summed E-state index contributed by atoms with van der Waals surface area (Å²) in [5, 5.41) is 18.8. The van der Waals surface area contributed by atoms with Crippen LogP contribution in [0.1, 0.15) is 12.8 Å². The van der Waals surface area contributed by atoms with Crippen molar-refractivity contribution >= 4 is 69.6 Å². The van der Waals surface area contributed by atoms with E-state index in [1.807, 2.05) is 0 Å². The number of hydrogen-bond acceptors (Lipinski definition) is 1. The summed E-state index contributed by atoms with van der Waals surface area (Å²) in [6.45, 7) is 0. The van der Waals surface area contributed by atoms with Crippen LogP contribution in [0.3, 0.4) is 0 Å². The fourth-order valence-electron chi connectivity index (χ4n) is 7.22. The van der Waals surface area contributed by atoms with Gasteiger partial charge >= 0.3 is 286 Å². The Morgan fingerprint density at radius 2 is 0.522 bits per heavy atom. The molecule has 0 aliphatic heterocycles. The first kappa shape index (κ1) is 32.7. The zero-order chi connectivity index (χ0) is 31.8. The van der Waals surface area contributed by atoms with Crippen molar-refractivity contribution in [3.05, 3.63) is 182 Å². The molecular formula is C41H40Cl2OP2. The maximum absolute atomic E-state index is 12.1. The van der Waals surface area contributed by atoms with Crippen molar-refractivity contribution in [2.45, 2.75) is 29.2 Å². The minimum absolute atomic E-state index is 0.334. The second-order valence-corrected chi connectivity index (χ2v) is 21.7. The average molecular weight is 682 g/mol. The number of alkyl halides is 2. The molecule has 0 aromatic heterocycles. The van der Waals surface area contributed by atoms with Gasteiger partial charge in [-0.3, -0.25) is 0 Å². The van der Waals surface area contributed by atoms with Crippen LogP contribution in [0.5, 0.6) is 0 Å². The standard InChI is InChI=1S/C41H40Cl2OP2/c42-40(45(34-19-7-1-8-20-34,35-21-9-2-10-22-35)36-23-11-3-12-24-36)31-33(44)32-41(43)46(37-25-13-4-14-26-37,38-27-15-5-16-28-38)39-29-17-6-18-30-39/h1-30,33,40-41,44-46H,31-32H2. The summed E-state index contributed by atoms with van der Waals surface area (Å²) < 4.78 is 0. The van der Waals surface area contributed by atoms with Gasteiger partial charge in [0, 0.05) is 0 Å². The van der Waals surface area contributed by atoms with Crippen molar-refractivity contribution in [2.24, 2.45) is 0 Å². The normalized spacial score (nSPS) is 14.6. The molecule has 0 spiro atoms. The summed E-state index contributed by atoms with van der Waals surface area (Å²) >= 11 is 15.4. The van der Waals surface area contributed by atoms with E-state index in [0.717, 1.165) is 0 Å². The Bertz CT molecular complexity index is 1450. The molecule has 1 N–H and O–H groups in total. The van der Waals surface area contributed by atoms with Crippen LogP contribution >= 0.6 is 37.7 Å². The van der Waals surface area contributed by atoms with Gasteiger partial charge < -0.3 is 0 Å². The Morgan fingerprint density at radius 3 is 0.696 bits per heavy atom. The number of aliphatic hydroxyl groups excluding tert-OH is 1. The van der Waals surface area contributed by atoms with E-state index in [9.17, 15) is 5.11 Å². The van der Waals surface area contributed by atoms with E-state index in [4.69, 9.17) is 23.2 Å². The SMILES string of the molecule is OC(CC(Cl)[PH](c1ccccc1)(c1ccccc1)c1ccccc1)CC(Cl)[PH](c1ccccc1)(c1ccccc1)c1ccccc1. The van der Waals surface area contributed by atoms with Gasteiger partial charge in [-0.25, -0.2) is 0 Å². The molecule has 0 fully saturated rings. The maximum atomic E-state index is 12.1. The molecule has 0 radical (unpaired) electrons. The molecule has 2 atom stereocenters. The van der Waals surface area contributed by atoms with Gasteiger partial charge in [0.2, 0.25) is 0 Å². The molecule has 2 unspecified atom stereocenters. The molecule has 234 valence electrons. The molecule has 0 aliphatic carbocycles. The van der Waals surface area contributed by atoms with Crippen LogP contribution < -0.4 is 31.8 Å². The predicted octanol–water partition coefficient (Wildman–Crippen LogP) is 7.71. The molecule has 0 aliphatic rings. The Morgan fingerprint density at radius 1 is 0.348 bits per heavy atom. The van der Waals surface area contributed by atoms with E-state index < -0.39 is 20.6 Å². The Balaban J connectivity index is 1.42. The van der Waals surface area contributed by atoms with Crippen molar-refractivity contribution < 1.29 is 5.11 Å². The monoisotopic (exact) mass is 680 g/mol. The Kier molecular flexibility index (Phi) is 10.7. The molecule has 6 aromatic carbocycles. The van der Waals surface area contributed by atoms with Crippen molar-refractivity contribution in [1.29, 1.82) is 0 Å². The molecule has 0 bridgehead atoms. The van der Waals surface area contributed by atoms with Gasteiger partial charge in [0.25, 0.3) is 0 Å². The minimum atomic E-state index is -2.81. The third-order valence-electron chi connectivity index (χ3n) is 9.27. The zero-order valence-corrected chi connectivity index (χ0v) is 29.2. The Labute approximate surface area is 284 Å².